The molecule has 0 radical (unpaired) electrons. The molecule has 1 saturated heterocycles. The topological polar surface area (TPSA) is 73.0 Å². The summed E-state index contributed by atoms with van der Waals surface area (Å²) < 4.78 is 107. The van der Waals surface area contributed by atoms with Gasteiger partial charge in [-0.25, -0.2) is 18.3 Å². The molecule has 186 valence electrons. The summed E-state index contributed by atoms with van der Waals surface area (Å²) in [4.78, 5) is 29.8. The molecule has 2 aromatic heterocycles. The fourth-order valence-corrected chi connectivity index (χ4v) is 4.13. The lowest BCUT2D eigenvalue weighted by molar-refractivity contribution is -0.183. The van der Waals surface area contributed by atoms with Crippen molar-refractivity contribution in [3.63, 3.8) is 0 Å². The standard InChI is InChI=1S/C19H17F8N5O2/c20-11-7-30(8-12(11)21)16(33)13-3-10(18(22,23)24)4-15-29-31(17(34)32(13)15)6-9-1-2-14(28-5-9)19(25,26)27/h1-2,5,10-13H,3-4,6-8H2/t10-,11-,12-,13-/m1/s1. The Bertz CT molecular complexity index is 1110. The number of alkyl halides is 8. The normalized spacial score (nSPS) is 25.5. The molecule has 2 aromatic rings. The monoisotopic (exact) mass is 499 g/mol. The second-order valence-corrected chi connectivity index (χ2v) is 8.25. The van der Waals surface area contributed by atoms with Gasteiger partial charge in [0, 0.05) is 12.6 Å². The number of fused-ring (bicyclic) bond motifs is 1. The highest BCUT2D eigenvalue weighted by Crippen LogP contribution is 2.39. The summed E-state index contributed by atoms with van der Waals surface area (Å²) in [6, 6.07) is 0.0329. The smallest absolute Gasteiger partial charge is 0.335 e. The Balaban J connectivity index is 1.66. The van der Waals surface area contributed by atoms with Crippen LogP contribution in [0.4, 0.5) is 35.1 Å². The van der Waals surface area contributed by atoms with Gasteiger partial charge in [0.05, 0.1) is 25.6 Å². The number of aromatic nitrogens is 4. The Morgan fingerprint density at radius 2 is 1.71 bits per heavy atom. The predicted molar refractivity (Wildman–Crippen MR) is 98.1 cm³/mol. The molecule has 0 N–H and O–H groups in total. The summed E-state index contributed by atoms with van der Waals surface area (Å²) in [5, 5.41) is 3.87. The maximum absolute atomic E-state index is 13.6. The summed E-state index contributed by atoms with van der Waals surface area (Å²) in [6.45, 7) is -1.71. The highest BCUT2D eigenvalue weighted by atomic mass is 19.4. The lowest BCUT2D eigenvalue weighted by Crippen LogP contribution is -2.45. The van der Waals surface area contributed by atoms with E-state index >= 15 is 0 Å². The van der Waals surface area contributed by atoms with Crippen LogP contribution in [0, 0.1) is 5.92 Å². The summed E-state index contributed by atoms with van der Waals surface area (Å²) in [6.07, 6.45) is -14.1. The zero-order valence-corrected chi connectivity index (χ0v) is 17.2. The molecule has 0 aromatic carbocycles. The average molecular weight is 499 g/mol. The molecule has 0 spiro atoms. The van der Waals surface area contributed by atoms with E-state index in [-0.39, 0.29) is 11.4 Å². The molecule has 7 nitrogen and oxygen atoms in total. The maximum Gasteiger partial charge on any atom is 0.433 e. The lowest BCUT2D eigenvalue weighted by Gasteiger charge is -2.32. The third-order valence-corrected chi connectivity index (χ3v) is 5.88. The Morgan fingerprint density at radius 3 is 2.24 bits per heavy atom. The molecule has 0 saturated carbocycles. The molecule has 2 aliphatic heterocycles. The number of likely N-dealkylation sites (tertiary alicyclic amines) is 1. The number of carbonyl (C=O) groups excluding carboxylic acids is 1. The van der Waals surface area contributed by atoms with Gasteiger partial charge in [0.15, 0.2) is 12.3 Å². The molecule has 0 unspecified atom stereocenters. The van der Waals surface area contributed by atoms with Crippen molar-refractivity contribution in [1.82, 2.24) is 24.2 Å². The second-order valence-electron chi connectivity index (χ2n) is 8.25. The van der Waals surface area contributed by atoms with Crippen molar-refractivity contribution in [1.29, 1.82) is 0 Å². The molecule has 4 atom stereocenters. The van der Waals surface area contributed by atoms with Crippen LogP contribution < -0.4 is 5.69 Å². The van der Waals surface area contributed by atoms with Crippen LogP contribution >= 0.6 is 0 Å². The molecule has 0 aliphatic carbocycles. The number of rotatable bonds is 3. The fourth-order valence-electron chi connectivity index (χ4n) is 4.13. The van der Waals surface area contributed by atoms with Crippen molar-refractivity contribution in [2.45, 2.75) is 50.1 Å². The third kappa shape index (κ3) is 4.51. The molecular formula is C19H17F8N5O2. The Labute approximate surface area is 186 Å². The highest BCUT2D eigenvalue weighted by Gasteiger charge is 2.49. The van der Waals surface area contributed by atoms with Gasteiger partial charge in [-0.1, -0.05) is 6.07 Å². The average Bonchev–Trinajstić information content (AvgIpc) is 3.25. The van der Waals surface area contributed by atoms with Gasteiger partial charge in [0.2, 0.25) is 5.91 Å². The van der Waals surface area contributed by atoms with Crippen LogP contribution in [0.5, 0.6) is 0 Å². The molecule has 34 heavy (non-hydrogen) atoms. The number of hydrogen-bond acceptors (Lipinski definition) is 4. The van der Waals surface area contributed by atoms with Crippen LogP contribution in [0.25, 0.3) is 0 Å². The summed E-state index contributed by atoms with van der Waals surface area (Å²) >= 11 is 0. The number of amides is 1. The predicted octanol–water partition coefficient (Wildman–Crippen LogP) is 2.69. The minimum Gasteiger partial charge on any atom is -0.335 e. The molecule has 1 amide bonds. The fraction of sp³-hybridized carbons (Fsp3) is 0.579. The van der Waals surface area contributed by atoms with Crippen LogP contribution in [0.1, 0.15) is 29.5 Å². The Morgan fingerprint density at radius 1 is 1.06 bits per heavy atom. The maximum atomic E-state index is 13.6. The second kappa shape index (κ2) is 8.34. The first-order chi connectivity index (χ1) is 15.8. The van der Waals surface area contributed by atoms with Crippen molar-refractivity contribution in [2.75, 3.05) is 13.1 Å². The van der Waals surface area contributed by atoms with E-state index in [9.17, 15) is 44.7 Å². The van der Waals surface area contributed by atoms with E-state index in [0.717, 1.165) is 26.4 Å². The van der Waals surface area contributed by atoms with Crippen molar-refractivity contribution < 1.29 is 39.9 Å². The number of nitrogens with zero attached hydrogens (tertiary/aromatic N) is 5. The van der Waals surface area contributed by atoms with Crippen molar-refractivity contribution in [2.24, 2.45) is 5.92 Å². The number of carbonyl (C=O) groups is 1. The first kappa shape index (κ1) is 24.1. The van der Waals surface area contributed by atoms with E-state index in [0.29, 0.717) is 6.07 Å². The minimum absolute atomic E-state index is 0.112. The molecule has 1 fully saturated rings. The van der Waals surface area contributed by atoms with Crippen molar-refractivity contribution >= 4 is 5.91 Å². The summed E-state index contributed by atoms with van der Waals surface area (Å²) in [5.74, 6) is -3.41. The molecular weight excluding hydrogens is 482 g/mol. The summed E-state index contributed by atoms with van der Waals surface area (Å²) in [5.41, 5.74) is -2.03. The SMILES string of the molecule is O=C([C@H]1C[C@@H](C(F)(F)F)Cc2nn(Cc3ccc(C(F)(F)F)nc3)c(=O)n21)N1C[C@@H](F)[C@H](F)C1. The van der Waals surface area contributed by atoms with E-state index in [1.165, 1.54) is 0 Å². The Kier molecular flexibility index (Phi) is 5.92. The van der Waals surface area contributed by atoms with Crippen LogP contribution in [0.2, 0.25) is 0 Å². The molecule has 4 rings (SSSR count). The number of hydrogen-bond donors (Lipinski definition) is 0. The van der Waals surface area contributed by atoms with E-state index in [1.54, 1.807) is 0 Å². The number of halogens is 8. The highest BCUT2D eigenvalue weighted by molar-refractivity contribution is 5.81. The van der Waals surface area contributed by atoms with Crippen LogP contribution in [0.15, 0.2) is 23.1 Å². The zero-order chi connectivity index (χ0) is 25.0. The van der Waals surface area contributed by atoms with Gasteiger partial charge in [0.25, 0.3) is 0 Å². The van der Waals surface area contributed by atoms with Crippen LogP contribution in [-0.4, -0.2) is 61.7 Å². The Hall–Kier alpha value is -3.00. The molecule has 0 bridgehead atoms. The quantitative estimate of drug-likeness (QED) is 0.609. The summed E-state index contributed by atoms with van der Waals surface area (Å²) in [7, 11) is 0. The van der Waals surface area contributed by atoms with E-state index in [1.807, 2.05) is 0 Å². The van der Waals surface area contributed by atoms with Gasteiger partial charge in [0.1, 0.15) is 17.6 Å². The lowest BCUT2D eigenvalue weighted by atomic mass is 9.91. The van der Waals surface area contributed by atoms with Gasteiger partial charge in [-0.2, -0.15) is 31.4 Å². The van der Waals surface area contributed by atoms with Crippen molar-refractivity contribution in [3.05, 3.63) is 45.9 Å². The number of pyridine rings is 1. The van der Waals surface area contributed by atoms with Gasteiger partial charge in [-0.05, 0) is 18.1 Å². The van der Waals surface area contributed by atoms with Crippen molar-refractivity contribution in [3.8, 4) is 0 Å². The first-order valence-corrected chi connectivity index (χ1v) is 10.1. The first-order valence-electron chi connectivity index (χ1n) is 10.1. The molecule has 4 heterocycles. The van der Waals surface area contributed by atoms with Crippen LogP contribution in [-0.2, 0) is 23.9 Å². The van der Waals surface area contributed by atoms with Gasteiger partial charge in [-0.3, -0.25) is 14.3 Å². The van der Waals surface area contributed by atoms with Crippen LogP contribution in [0.3, 0.4) is 0 Å². The van der Waals surface area contributed by atoms with Gasteiger partial charge >= 0.3 is 18.0 Å². The minimum atomic E-state index is -4.72. The van der Waals surface area contributed by atoms with E-state index in [2.05, 4.69) is 10.1 Å². The van der Waals surface area contributed by atoms with E-state index < -0.39 is 86.4 Å². The van der Waals surface area contributed by atoms with Gasteiger partial charge in [-0.15, -0.1) is 0 Å². The third-order valence-electron chi connectivity index (χ3n) is 5.88. The molecule has 2 aliphatic rings. The zero-order valence-electron chi connectivity index (χ0n) is 17.2. The molecule has 15 heteroatoms. The largest absolute Gasteiger partial charge is 0.433 e. The van der Waals surface area contributed by atoms with Gasteiger partial charge < -0.3 is 4.90 Å². The van der Waals surface area contributed by atoms with E-state index in [4.69, 9.17) is 0 Å².